The fourth-order valence-electron chi connectivity index (χ4n) is 6.75. The number of carbonyl (C=O) groups excluding carboxylic acids is 3. The Bertz CT molecular complexity index is 971. The summed E-state index contributed by atoms with van der Waals surface area (Å²) in [6.45, 7) is 8.73. The van der Waals surface area contributed by atoms with Gasteiger partial charge in [-0.15, -0.1) is 0 Å². The van der Waals surface area contributed by atoms with E-state index in [1.807, 2.05) is 51.1 Å². The van der Waals surface area contributed by atoms with Crippen LogP contribution >= 0.6 is 0 Å². The molecule has 36 heavy (non-hydrogen) atoms. The van der Waals surface area contributed by atoms with Crippen LogP contribution in [-0.2, 0) is 25.5 Å². The van der Waals surface area contributed by atoms with Crippen LogP contribution < -0.4 is 10.6 Å². The topological polar surface area (TPSA) is 108 Å². The van der Waals surface area contributed by atoms with Crippen molar-refractivity contribution in [3.05, 3.63) is 35.9 Å². The molecular weight excluding hydrogens is 458 g/mol. The number of unbranched alkanes of at least 4 members (excludes halogenated alkanes) is 1. The Kier molecular flexibility index (Phi) is 7.76. The minimum absolute atomic E-state index is 0.00785. The van der Waals surface area contributed by atoms with E-state index in [9.17, 15) is 19.5 Å². The standard InChI is InChI=1S/C28H41N3O5/c1-5-7-14-30-25(34)23-28-16-18(3)27(4,36-28)21(24(33)29-13-6-2)22(28)26(35)31(23)20(17-32)15-19-11-9-8-10-12-19/h8-12,18,20-23,32H,5-7,13-17H2,1-4H3,(H,29,33)(H,30,34)/t18?,20-,21+,22+,23?,27-,28?/m1/s1. The molecule has 4 rings (SSSR count). The van der Waals surface area contributed by atoms with Crippen molar-refractivity contribution >= 4 is 17.7 Å². The van der Waals surface area contributed by atoms with Gasteiger partial charge in [0.25, 0.3) is 0 Å². The molecule has 1 aromatic rings. The number of aliphatic hydroxyl groups is 1. The van der Waals surface area contributed by atoms with Gasteiger partial charge in [0.15, 0.2) is 0 Å². The van der Waals surface area contributed by atoms with E-state index in [0.29, 0.717) is 25.9 Å². The molecule has 3 fully saturated rings. The fraction of sp³-hybridized carbons (Fsp3) is 0.679. The van der Waals surface area contributed by atoms with Crippen molar-refractivity contribution in [2.45, 2.75) is 83.1 Å². The van der Waals surface area contributed by atoms with Crippen molar-refractivity contribution in [1.29, 1.82) is 0 Å². The number of likely N-dealkylation sites (tertiary alicyclic amines) is 1. The summed E-state index contributed by atoms with van der Waals surface area (Å²) in [5.41, 5.74) is -0.966. The lowest BCUT2D eigenvalue weighted by Gasteiger charge is -2.37. The van der Waals surface area contributed by atoms with Gasteiger partial charge in [0.1, 0.15) is 11.6 Å². The SMILES string of the molecule is CCCCNC(=O)C1N([C@@H](CO)Cc2ccccc2)C(=O)[C@@H]2[C@@H](C(=O)NCCC)[C@]3(C)OC12CC3C. The molecule has 3 heterocycles. The van der Waals surface area contributed by atoms with Gasteiger partial charge in [0.2, 0.25) is 17.7 Å². The maximum absolute atomic E-state index is 14.2. The molecule has 3 aliphatic rings. The Labute approximate surface area is 214 Å². The van der Waals surface area contributed by atoms with Gasteiger partial charge in [-0.05, 0) is 44.1 Å². The quantitative estimate of drug-likeness (QED) is 0.404. The summed E-state index contributed by atoms with van der Waals surface area (Å²) in [4.78, 5) is 43.0. The Balaban J connectivity index is 1.75. The molecule has 0 aromatic heterocycles. The van der Waals surface area contributed by atoms with Crippen LogP contribution in [0.1, 0.15) is 58.9 Å². The third-order valence-corrected chi connectivity index (χ3v) is 8.58. The second kappa shape index (κ2) is 10.5. The Hall–Kier alpha value is -2.45. The van der Waals surface area contributed by atoms with Crippen LogP contribution in [0.5, 0.6) is 0 Å². The summed E-state index contributed by atoms with van der Waals surface area (Å²) in [6.07, 6.45) is 3.47. The first-order valence-electron chi connectivity index (χ1n) is 13.5. The highest BCUT2D eigenvalue weighted by Crippen LogP contribution is 2.65. The average Bonchev–Trinajstić information content (AvgIpc) is 3.38. The molecule has 3 N–H and O–H groups in total. The first-order valence-corrected chi connectivity index (χ1v) is 13.5. The molecule has 0 radical (unpaired) electrons. The van der Waals surface area contributed by atoms with E-state index in [1.54, 1.807) is 4.90 Å². The molecule has 2 bridgehead atoms. The summed E-state index contributed by atoms with van der Waals surface area (Å²) < 4.78 is 6.72. The van der Waals surface area contributed by atoms with E-state index in [-0.39, 0.29) is 30.2 Å². The van der Waals surface area contributed by atoms with Crippen LogP contribution in [0, 0.1) is 17.8 Å². The maximum atomic E-state index is 14.2. The number of nitrogens with zero attached hydrogens (tertiary/aromatic N) is 1. The van der Waals surface area contributed by atoms with E-state index >= 15 is 0 Å². The van der Waals surface area contributed by atoms with Gasteiger partial charge in [0.05, 0.1) is 30.1 Å². The molecule has 0 aliphatic carbocycles. The van der Waals surface area contributed by atoms with Crippen molar-refractivity contribution < 1.29 is 24.2 Å². The van der Waals surface area contributed by atoms with E-state index < -0.39 is 35.1 Å². The fourth-order valence-corrected chi connectivity index (χ4v) is 6.75. The van der Waals surface area contributed by atoms with Gasteiger partial charge >= 0.3 is 0 Å². The summed E-state index contributed by atoms with van der Waals surface area (Å²) >= 11 is 0. The molecule has 8 nitrogen and oxygen atoms in total. The minimum Gasteiger partial charge on any atom is -0.394 e. The third-order valence-electron chi connectivity index (χ3n) is 8.58. The van der Waals surface area contributed by atoms with E-state index in [2.05, 4.69) is 17.6 Å². The Morgan fingerprint density at radius 3 is 2.47 bits per heavy atom. The lowest BCUT2D eigenvalue weighted by atomic mass is 9.62. The second-order valence-corrected chi connectivity index (χ2v) is 10.9. The molecule has 0 saturated carbocycles. The lowest BCUT2D eigenvalue weighted by molar-refractivity contribution is -0.150. The zero-order valence-electron chi connectivity index (χ0n) is 22.0. The van der Waals surface area contributed by atoms with E-state index in [0.717, 1.165) is 24.8 Å². The summed E-state index contributed by atoms with van der Waals surface area (Å²) in [7, 11) is 0. The number of amides is 3. The normalized spacial score (nSPS) is 33.5. The van der Waals surface area contributed by atoms with Gasteiger partial charge in [-0.2, -0.15) is 0 Å². The molecular formula is C28H41N3O5. The number of nitrogens with one attached hydrogen (secondary N) is 2. The number of hydrogen-bond acceptors (Lipinski definition) is 5. The predicted molar refractivity (Wildman–Crippen MR) is 136 cm³/mol. The molecule has 3 aliphatic heterocycles. The number of ether oxygens (including phenoxy) is 1. The maximum Gasteiger partial charge on any atom is 0.245 e. The van der Waals surface area contributed by atoms with Gasteiger partial charge in [-0.3, -0.25) is 14.4 Å². The van der Waals surface area contributed by atoms with E-state index in [1.165, 1.54) is 0 Å². The van der Waals surface area contributed by atoms with Gasteiger partial charge in [0, 0.05) is 13.1 Å². The lowest BCUT2D eigenvalue weighted by Crippen LogP contribution is -2.58. The first-order chi connectivity index (χ1) is 17.2. The number of carbonyl (C=O) groups is 3. The van der Waals surface area contributed by atoms with Gasteiger partial charge in [-0.25, -0.2) is 0 Å². The molecule has 3 saturated heterocycles. The van der Waals surface area contributed by atoms with Crippen molar-refractivity contribution in [2.24, 2.45) is 17.8 Å². The van der Waals surface area contributed by atoms with Gasteiger partial charge < -0.3 is 25.4 Å². The van der Waals surface area contributed by atoms with Crippen molar-refractivity contribution in [3.8, 4) is 0 Å². The zero-order chi connectivity index (χ0) is 26.1. The van der Waals surface area contributed by atoms with Gasteiger partial charge in [-0.1, -0.05) is 57.5 Å². The minimum atomic E-state index is -1.10. The van der Waals surface area contributed by atoms with Crippen LogP contribution in [0.3, 0.4) is 0 Å². The van der Waals surface area contributed by atoms with Crippen LogP contribution in [0.25, 0.3) is 0 Å². The Morgan fingerprint density at radius 1 is 1.14 bits per heavy atom. The van der Waals surface area contributed by atoms with Crippen molar-refractivity contribution in [3.63, 3.8) is 0 Å². The van der Waals surface area contributed by atoms with Crippen molar-refractivity contribution in [1.82, 2.24) is 15.5 Å². The number of fused-ring (bicyclic) bond motifs is 1. The third kappa shape index (κ3) is 4.22. The monoisotopic (exact) mass is 499 g/mol. The largest absolute Gasteiger partial charge is 0.394 e. The first kappa shape index (κ1) is 26.6. The van der Waals surface area contributed by atoms with Crippen LogP contribution in [0.4, 0.5) is 0 Å². The molecule has 3 unspecified atom stereocenters. The number of benzene rings is 1. The highest BCUT2D eigenvalue weighted by Gasteiger charge is 2.80. The number of rotatable bonds is 11. The predicted octanol–water partition coefficient (Wildman–Crippen LogP) is 2.04. The molecule has 198 valence electrons. The summed E-state index contributed by atoms with van der Waals surface area (Å²) in [6, 6.07) is 8.14. The van der Waals surface area contributed by atoms with E-state index in [4.69, 9.17) is 4.74 Å². The second-order valence-electron chi connectivity index (χ2n) is 10.9. The molecule has 1 spiro atoms. The molecule has 7 atom stereocenters. The Morgan fingerprint density at radius 2 is 1.83 bits per heavy atom. The van der Waals surface area contributed by atoms with Crippen LogP contribution in [-0.4, -0.2) is 70.7 Å². The highest BCUT2D eigenvalue weighted by atomic mass is 16.5. The number of hydrogen-bond donors (Lipinski definition) is 3. The molecule has 8 heteroatoms. The summed E-state index contributed by atoms with van der Waals surface area (Å²) in [5.74, 6) is -2.19. The van der Waals surface area contributed by atoms with Crippen LogP contribution in [0.2, 0.25) is 0 Å². The van der Waals surface area contributed by atoms with Crippen LogP contribution in [0.15, 0.2) is 30.3 Å². The highest BCUT2D eigenvalue weighted by molar-refractivity contribution is 5.99. The average molecular weight is 500 g/mol. The van der Waals surface area contributed by atoms with Crippen molar-refractivity contribution in [2.75, 3.05) is 19.7 Å². The number of aliphatic hydroxyl groups excluding tert-OH is 1. The molecule has 3 amide bonds. The molecule has 1 aromatic carbocycles. The zero-order valence-corrected chi connectivity index (χ0v) is 22.0. The smallest absolute Gasteiger partial charge is 0.245 e. The summed E-state index contributed by atoms with van der Waals surface area (Å²) in [5, 5.41) is 16.5.